The quantitative estimate of drug-likeness (QED) is 0.722. The van der Waals surface area contributed by atoms with Crippen LogP contribution in [0.4, 0.5) is 5.69 Å². The maximum absolute atomic E-state index is 10.6. The van der Waals surface area contributed by atoms with Crippen LogP contribution in [0.2, 0.25) is 0 Å². The van der Waals surface area contributed by atoms with E-state index in [1.807, 2.05) is 36.4 Å². The number of carbonyl (C=O) groups excluding carboxylic acids is 1. The maximum atomic E-state index is 10.6. The van der Waals surface area contributed by atoms with Crippen molar-refractivity contribution in [2.75, 3.05) is 11.9 Å². The van der Waals surface area contributed by atoms with Gasteiger partial charge in [0, 0.05) is 12.2 Å². The monoisotopic (exact) mass is 286 g/mol. The topological polar surface area (TPSA) is 84.6 Å². The number of primary amides is 1. The lowest BCUT2D eigenvalue weighted by molar-refractivity contribution is -0.119. The summed E-state index contributed by atoms with van der Waals surface area (Å²) < 4.78 is 5.19. The number of nitrogens with one attached hydrogen (secondary N) is 1. The number of benzene rings is 2. The molecule has 0 aliphatic rings. The molecule has 2 aromatic rings. The Morgan fingerprint density at radius 3 is 2.57 bits per heavy atom. The van der Waals surface area contributed by atoms with Crippen molar-refractivity contribution >= 4 is 11.6 Å². The van der Waals surface area contributed by atoms with Crippen LogP contribution in [0.5, 0.6) is 5.75 Å². The van der Waals surface area contributed by atoms with Gasteiger partial charge in [-0.25, -0.2) is 0 Å². The first-order chi connectivity index (χ1) is 10.2. The van der Waals surface area contributed by atoms with Crippen LogP contribution in [0.1, 0.15) is 11.1 Å². The van der Waals surface area contributed by atoms with Crippen molar-refractivity contribution in [3.63, 3.8) is 0 Å². The van der Waals surface area contributed by atoms with Crippen molar-refractivity contribution in [3.05, 3.63) is 59.7 Å². The fourth-order valence-corrected chi connectivity index (χ4v) is 1.84. The maximum Gasteiger partial charge on any atom is 0.255 e. The summed E-state index contributed by atoms with van der Waals surface area (Å²) in [5, 5.41) is 12.4. The molecule has 0 atom stereocenters. The van der Waals surface area contributed by atoms with Crippen molar-refractivity contribution in [2.45, 2.75) is 13.2 Å². The van der Waals surface area contributed by atoms with E-state index < -0.39 is 5.91 Å². The second-order valence-electron chi connectivity index (χ2n) is 4.61. The average Bonchev–Trinajstić information content (AvgIpc) is 2.52. The molecule has 0 heterocycles. The standard InChI is InChI=1S/C16H18N2O3/c17-16(20)11-21-15-6-4-12(5-7-15)9-18-14-3-1-2-13(8-14)10-19/h1-8,18-19H,9-11H2,(H2,17,20). The highest BCUT2D eigenvalue weighted by molar-refractivity contribution is 5.75. The number of hydrogen-bond acceptors (Lipinski definition) is 4. The highest BCUT2D eigenvalue weighted by Gasteiger charge is 1.99. The number of nitrogens with two attached hydrogens (primary N) is 1. The van der Waals surface area contributed by atoms with E-state index in [2.05, 4.69) is 5.32 Å². The molecule has 0 aliphatic carbocycles. The molecule has 0 bridgehead atoms. The minimum atomic E-state index is -0.496. The molecule has 0 unspecified atom stereocenters. The van der Waals surface area contributed by atoms with Crippen molar-refractivity contribution in [1.82, 2.24) is 0 Å². The number of aliphatic hydroxyl groups excluding tert-OH is 1. The molecule has 5 nitrogen and oxygen atoms in total. The van der Waals surface area contributed by atoms with Gasteiger partial charge in [-0.15, -0.1) is 0 Å². The first kappa shape index (κ1) is 14.9. The smallest absolute Gasteiger partial charge is 0.255 e. The predicted molar refractivity (Wildman–Crippen MR) is 80.8 cm³/mol. The lowest BCUT2D eigenvalue weighted by atomic mass is 10.2. The van der Waals surface area contributed by atoms with Crippen LogP contribution in [0.25, 0.3) is 0 Å². The first-order valence-electron chi connectivity index (χ1n) is 6.61. The fraction of sp³-hybridized carbons (Fsp3) is 0.188. The van der Waals surface area contributed by atoms with Gasteiger partial charge in [0.1, 0.15) is 5.75 Å². The van der Waals surface area contributed by atoms with Gasteiger partial charge in [-0.1, -0.05) is 24.3 Å². The van der Waals surface area contributed by atoms with E-state index in [1.54, 1.807) is 12.1 Å². The summed E-state index contributed by atoms with van der Waals surface area (Å²) in [5.74, 6) is 0.115. The van der Waals surface area contributed by atoms with Gasteiger partial charge in [-0.2, -0.15) is 0 Å². The molecule has 0 saturated heterocycles. The molecule has 21 heavy (non-hydrogen) atoms. The molecule has 0 saturated carbocycles. The number of ether oxygens (including phenoxy) is 1. The average molecular weight is 286 g/mol. The highest BCUT2D eigenvalue weighted by Crippen LogP contribution is 2.15. The SMILES string of the molecule is NC(=O)COc1ccc(CNc2cccc(CO)c2)cc1. The third-order valence-electron chi connectivity index (χ3n) is 2.91. The van der Waals surface area contributed by atoms with Crippen LogP contribution in [-0.4, -0.2) is 17.6 Å². The van der Waals surface area contributed by atoms with Crippen LogP contribution in [0.3, 0.4) is 0 Å². The van der Waals surface area contributed by atoms with E-state index >= 15 is 0 Å². The number of hydrogen-bond donors (Lipinski definition) is 3. The van der Waals surface area contributed by atoms with Gasteiger partial charge in [-0.05, 0) is 35.4 Å². The predicted octanol–water partition coefficient (Wildman–Crippen LogP) is 1.66. The number of anilines is 1. The number of aliphatic hydroxyl groups is 1. The third kappa shape index (κ3) is 4.81. The summed E-state index contributed by atoms with van der Waals surface area (Å²) in [6.45, 7) is 0.567. The van der Waals surface area contributed by atoms with Crippen LogP contribution < -0.4 is 15.8 Å². The van der Waals surface area contributed by atoms with Crippen LogP contribution >= 0.6 is 0 Å². The molecule has 0 aromatic heterocycles. The summed E-state index contributed by atoms with van der Waals surface area (Å²) in [6, 6.07) is 15.0. The molecular weight excluding hydrogens is 268 g/mol. The van der Waals surface area contributed by atoms with Gasteiger partial charge in [0.15, 0.2) is 6.61 Å². The van der Waals surface area contributed by atoms with E-state index in [0.29, 0.717) is 12.3 Å². The minimum absolute atomic E-state index is 0.0292. The normalized spacial score (nSPS) is 10.1. The van der Waals surface area contributed by atoms with E-state index in [1.165, 1.54) is 0 Å². The minimum Gasteiger partial charge on any atom is -0.484 e. The zero-order valence-corrected chi connectivity index (χ0v) is 11.6. The third-order valence-corrected chi connectivity index (χ3v) is 2.91. The van der Waals surface area contributed by atoms with Gasteiger partial charge >= 0.3 is 0 Å². The Morgan fingerprint density at radius 2 is 1.90 bits per heavy atom. The molecule has 2 aromatic carbocycles. The summed E-state index contributed by atoms with van der Waals surface area (Å²) in [4.78, 5) is 10.6. The number of amides is 1. The molecule has 5 heteroatoms. The van der Waals surface area contributed by atoms with E-state index in [0.717, 1.165) is 16.8 Å². The summed E-state index contributed by atoms with van der Waals surface area (Å²) >= 11 is 0. The van der Waals surface area contributed by atoms with E-state index in [4.69, 9.17) is 15.6 Å². The largest absolute Gasteiger partial charge is 0.484 e. The van der Waals surface area contributed by atoms with Gasteiger partial charge in [0.05, 0.1) is 6.61 Å². The van der Waals surface area contributed by atoms with Crippen molar-refractivity contribution in [3.8, 4) is 5.75 Å². The number of rotatable bonds is 7. The Kier molecular flexibility index (Phi) is 5.17. The summed E-state index contributed by atoms with van der Waals surface area (Å²) in [5.41, 5.74) is 7.92. The zero-order valence-electron chi connectivity index (χ0n) is 11.6. The van der Waals surface area contributed by atoms with Crippen LogP contribution in [0.15, 0.2) is 48.5 Å². The van der Waals surface area contributed by atoms with Crippen LogP contribution in [-0.2, 0) is 17.9 Å². The van der Waals surface area contributed by atoms with Gasteiger partial charge < -0.3 is 20.9 Å². The molecule has 0 fully saturated rings. The van der Waals surface area contributed by atoms with E-state index in [-0.39, 0.29) is 13.2 Å². The second kappa shape index (κ2) is 7.31. The molecule has 2 rings (SSSR count). The highest BCUT2D eigenvalue weighted by atomic mass is 16.5. The molecule has 4 N–H and O–H groups in total. The van der Waals surface area contributed by atoms with Gasteiger partial charge in [0.2, 0.25) is 0 Å². The Hall–Kier alpha value is -2.53. The summed E-state index contributed by atoms with van der Waals surface area (Å²) in [7, 11) is 0. The van der Waals surface area contributed by atoms with Crippen molar-refractivity contribution < 1.29 is 14.6 Å². The second-order valence-corrected chi connectivity index (χ2v) is 4.61. The van der Waals surface area contributed by atoms with E-state index in [9.17, 15) is 4.79 Å². The number of carbonyl (C=O) groups is 1. The summed E-state index contributed by atoms with van der Waals surface area (Å²) in [6.07, 6.45) is 0. The fourth-order valence-electron chi connectivity index (χ4n) is 1.84. The molecule has 1 amide bonds. The van der Waals surface area contributed by atoms with Gasteiger partial charge in [-0.3, -0.25) is 4.79 Å². The Balaban J connectivity index is 1.89. The molecule has 0 spiro atoms. The molecule has 110 valence electrons. The Labute approximate surface area is 123 Å². The molecule has 0 aliphatic heterocycles. The first-order valence-corrected chi connectivity index (χ1v) is 6.61. The molecular formula is C16H18N2O3. The lowest BCUT2D eigenvalue weighted by Gasteiger charge is -2.09. The zero-order chi connectivity index (χ0) is 15.1. The lowest BCUT2D eigenvalue weighted by Crippen LogP contribution is -2.19. The van der Waals surface area contributed by atoms with Gasteiger partial charge in [0.25, 0.3) is 5.91 Å². The van der Waals surface area contributed by atoms with Crippen molar-refractivity contribution in [2.24, 2.45) is 5.73 Å². The van der Waals surface area contributed by atoms with Crippen LogP contribution in [0, 0.1) is 0 Å². The molecule has 0 radical (unpaired) electrons. The Bertz CT molecular complexity index is 597. The Morgan fingerprint density at radius 1 is 1.14 bits per heavy atom. The van der Waals surface area contributed by atoms with Crippen molar-refractivity contribution in [1.29, 1.82) is 0 Å².